The highest BCUT2D eigenvalue weighted by Gasteiger charge is 2.16. The number of primary sulfonamides is 1. The predicted octanol–water partition coefficient (Wildman–Crippen LogP) is 2.06. The van der Waals surface area contributed by atoms with Crippen LogP contribution >= 0.6 is 11.6 Å². The summed E-state index contributed by atoms with van der Waals surface area (Å²) in [4.78, 5) is 11.8. The maximum atomic E-state index is 13.5. The number of hydrogen-bond donors (Lipinski definition) is 2. The highest BCUT2D eigenvalue weighted by Crippen LogP contribution is 2.20. The molecule has 0 saturated carbocycles. The van der Waals surface area contributed by atoms with Crippen molar-refractivity contribution in [2.75, 3.05) is 0 Å². The minimum absolute atomic E-state index is 0.0514. The van der Waals surface area contributed by atoms with E-state index >= 15 is 0 Å². The molecule has 116 valence electrons. The molecule has 8 heteroatoms. The number of amides is 1. The van der Waals surface area contributed by atoms with Gasteiger partial charge in [0.2, 0.25) is 10.0 Å². The first kappa shape index (κ1) is 16.4. The molecule has 0 aliphatic rings. The largest absolute Gasteiger partial charge is 0.348 e. The van der Waals surface area contributed by atoms with Gasteiger partial charge in [-0.25, -0.2) is 17.9 Å². The molecule has 2 aromatic rings. The molecule has 0 radical (unpaired) electrons. The van der Waals surface area contributed by atoms with Crippen molar-refractivity contribution in [1.29, 1.82) is 0 Å². The van der Waals surface area contributed by atoms with E-state index < -0.39 is 21.7 Å². The maximum Gasteiger partial charge on any atom is 0.253 e. The van der Waals surface area contributed by atoms with E-state index in [-0.39, 0.29) is 22.0 Å². The number of nitrogens with two attached hydrogens (primary N) is 1. The molecule has 2 aromatic carbocycles. The Morgan fingerprint density at radius 1 is 1.23 bits per heavy atom. The number of hydrogen-bond acceptors (Lipinski definition) is 3. The van der Waals surface area contributed by atoms with Crippen LogP contribution in [0, 0.1) is 5.82 Å². The second-order valence-corrected chi connectivity index (χ2v) is 6.43. The van der Waals surface area contributed by atoms with Crippen LogP contribution in [0.15, 0.2) is 47.4 Å². The molecule has 0 aliphatic heterocycles. The minimum Gasteiger partial charge on any atom is -0.348 e. The predicted molar refractivity (Wildman–Crippen MR) is 80.4 cm³/mol. The van der Waals surface area contributed by atoms with E-state index in [9.17, 15) is 17.6 Å². The lowest BCUT2D eigenvalue weighted by molar-refractivity contribution is 0.0950. The van der Waals surface area contributed by atoms with E-state index in [4.69, 9.17) is 16.7 Å². The Hall–Kier alpha value is -1.96. The molecule has 22 heavy (non-hydrogen) atoms. The lowest BCUT2D eigenvalue weighted by Gasteiger charge is -2.09. The fourth-order valence-corrected chi connectivity index (χ4v) is 2.51. The molecule has 3 N–H and O–H groups in total. The molecular weight excluding hydrogens is 331 g/mol. The van der Waals surface area contributed by atoms with E-state index in [1.807, 2.05) is 0 Å². The van der Waals surface area contributed by atoms with Crippen molar-refractivity contribution in [3.05, 3.63) is 64.4 Å². The fourth-order valence-electron chi connectivity index (χ4n) is 1.77. The molecule has 1 amide bonds. The SMILES string of the molecule is NS(=O)(=O)c1ccc(Cl)c(C(=O)NCc2ccccc2F)c1. The van der Waals surface area contributed by atoms with Crippen LogP contribution in [0.1, 0.15) is 15.9 Å². The number of sulfonamides is 1. The van der Waals surface area contributed by atoms with Crippen LogP contribution in [0.3, 0.4) is 0 Å². The third-order valence-electron chi connectivity index (χ3n) is 2.91. The number of benzene rings is 2. The Bertz CT molecular complexity index is 825. The summed E-state index contributed by atoms with van der Waals surface area (Å²) in [6, 6.07) is 9.51. The summed E-state index contributed by atoms with van der Waals surface area (Å²) < 4.78 is 36.1. The van der Waals surface area contributed by atoms with Crippen molar-refractivity contribution in [3.8, 4) is 0 Å². The molecule has 0 bridgehead atoms. The van der Waals surface area contributed by atoms with Crippen LogP contribution in [0.5, 0.6) is 0 Å². The third-order valence-corrected chi connectivity index (χ3v) is 4.15. The zero-order valence-electron chi connectivity index (χ0n) is 11.2. The summed E-state index contributed by atoms with van der Waals surface area (Å²) in [6.07, 6.45) is 0. The van der Waals surface area contributed by atoms with E-state index in [1.165, 1.54) is 30.3 Å². The van der Waals surface area contributed by atoms with E-state index in [0.717, 1.165) is 6.07 Å². The van der Waals surface area contributed by atoms with Crippen LogP contribution in [-0.4, -0.2) is 14.3 Å². The van der Waals surface area contributed by atoms with Gasteiger partial charge >= 0.3 is 0 Å². The monoisotopic (exact) mass is 342 g/mol. The van der Waals surface area contributed by atoms with Crippen LogP contribution in [0.25, 0.3) is 0 Å². The van der Waals surface area contributed by atoms with Crippen LogP contribution in [0.4, 0.5) is 4.39 Å². The van der Waals surface area contributed by atoms with Gasteiger partial charge in [0.1, 0.15) is 5.82 Å². The smallest absolute Gasteiger partial charge is 0.253 e. The molecule has 0 heterocycles. The first-order chi connectivity index (χ1) is 10.3. The first-order valence-electron chi connectivity index (χ1n) is 6.13. The van der Waals surface area contributed by atoms with Gasteiger partial charge in [-0.15, -0.1) is 0 Å². The van der Waals surface area contributed by atoms with Gasteiger partial charge in [0.15, 0.2) is 0 Å². The van der Waals surface area contributed by atoms with Gasteiger partial charge in [-0.2, -0.15) is 0 Å². The Balaban J connectivity index is 2.21. The normalized spacial score (nSPS) is 11.2. The van der Waals surface area contributed by atoms with Crippen LogP contribution in [0.2, 0.25) is 5.02 Å². The zero-order chi connectivity index (χ0) is 16.3. The Morgan fingerprint density at radius 3 is 2.55 bits per heavy atom. The quantitative estimate of drug-likeness (QED) is 0.891. The summed E-state index contributed by atoms with van der Waals surface area (Å²) in [6.45, 7) is -0.0541. The highest BCUT2D eigenvalue weighted by atomic mass is 35.5. The van der Waals surface area contributed by atoms with Crippen molar-refractivity contribution in [1.82, 2.24) is 5.32 Å². The Morgan fingerprint density at radius 2 is 1.91 bits per heavy atom. The lowest BCUT2D eigenvalue weighted by atomic mass is 10.2. The molecule has 0 unspecified atom stereocenters. The number of carbonyl (C=O) groups is 1. The standard InChI is InChI=1S/C14H12ClFN2O3S/c15-12-6-5-10(22(17,20)21)7-11(12)14(19)18-8-9-3-1-2-4-13(9)16/h1-7H,8H2,(H,18,19)(H2,17,20,21). The van der Waals surface area contributed by atoms with Crippen molar-refractivity contribution >= 4 is 27.5 Å². The van der Waals surface area contributed by atoms with Crippen molar-refractivity contribution in [2.24, 2.45) is 5.14 Å². The molecule has 0 fully saturated rings. The minimum atomic E-state index is -3.95. The van der Waals surface area contributed by atoms with Gasteiger partial charge in [-0.1, -0.05) is 29.8 Å². The van der Waals surface area contributed by atoms with E-state index in [0.29, 0.717) is 5.56 Å². The number of halogens is 2. The van der Waals surface area contributed by atoms with Crippen LogP contribution in [-0.2, 0) is 16.6 Å². The Labute approximate surface area is 131 Å². The molecular formula is C14H12ClFN2O3S. The molecule has 0 aliphatic carbocycles. The highest BCUT2D eigenvalue weighted by molar-refractivity contribution is 7.89. The summed E-state index contributed by atoms with van der Waals surface area (Å²) in [5, 5.41) is 7.55. The molecule has 2 rings (SSSR count). The van der Waals surface area contributed by atoms with E-state index in [2.05, 4.69) is 5.32 Å². The van der Waals surface area contributed by atoms with Gasteiger partial charge in [0.05, 0.1) is 15.5 Å². The Kier molecular flexibility index (Phi) is 4.80. The summed E-state index contributed by atoms with van der Waals surface area (Å²) in [7, 11) is -3.95. The molecule has 0 spiro atoms. The average Bonchev–Trinajstić information content (AvgIpc) is 2.45. The second-order valence-electron chi connectivity index (χ2n) is 4.46. The summed E-state index contributed by atoms with van der Waals surface area (Å²) in [5.74, 6) is -1.08. The van der Waals surface area contributed by atoms with Crippen molar-refractivity contribution < 1.29 is 17.6 Å². The summed E-state index contributed by atoms with van der Waals surface area (Å²) in [5.41, 5.74) is 0.249. The topological polar surface area (TPSA) is 89.3 Å². The molecule has 0 atom stereocenters. The van der Waals surface area contributed by atoms with Gasteiger partial charge in [-0.05, 0) is 24.3 Å². The average molecular weight is 343 g/mol. The van der Waals surface area contributed by atoms with Gasteiger partial charge in [-0.3, -0.25) is 4.79 Å². The van der Waals surface area contributed by atoms with Crippen molar-refractivity contribution in [3.63, 3.8) is 0 Å². The van der Waals surface area contributed by atoms with E-state index in [1.54, 1.807) is 6.07 Å². The third kappa shape index (κ3) is 3.82. The molecule has 0 saturated heterocycles. The maximum absolute atomic E-state index is 13.5. The number of nitrogens with one attached hydrogen (secondary N) is 1. The summed E-state index contributed by atoms with van der Waals surface area (Å²) >= 11 is 5.88. The lowest BCUT2D eigenvalue weighted by Crippen LogP contribution is -2.24. The zero-order valence-corrected chi connectivity index (χ0v) is 12.8. The van der Waals surface area contributed by atoms with Gasteiger partial charge in [0.25, 0.3) is 5.91 Å². The fraction of sp³-hybridized carbons (Fsp3) is 0.0714. The second kappa shape index (κ2) is 6.43. The van der Waals surface area contributed by atoms with Gasteiger partial charge < -0.3 is 5.32 Å². The first-order valence-corrected chi connectivity index (χ1v) is 8.05. The molecule has 0 aromatic heterocycles. The van der Waals surface area contributed by atoms with Gasteiger partial charge in [0, 0.05) is 12.1 Å². The van der Waals surface area contributed by atoms with Crippen LogP contribution < -0.4 is 10.5 Å². The number of rotatable bonds is 4. The number of carbonyl (C=O) groups excluding carboxylic acids is 1. The molecule has 5 nitrogen and oxygen atoms in total. The van der Waals surface area contributed by atoms with Crippen molar-refractivity contribution in [2.45, 2.75) is 11.4 Å².